The lowest BCUT2D eigenvalue weighted by Gasteiger charge is -2.32. The minimum absolute atomic E-state index is 0.0546. The predicted octanol–water partition coefficient (Wildman–Crippen LogP) is 5.22. The van der Waals surface area contributed by atoms with E-state index in [9.17, 15) is 9.90 Å². The molecule has 10 nitrogen and oxygen atoms in total. The number of phenolic OH excluding ortho intramolecular Hbond substituents is 1. The number of likely N-dealkylation sites (N-methyl/N-ethyl adjacent to an activating group) is 1. The average molecular weight is 638 g/mol. The molecule has 1 aliphatic carbocycles. The van der Waals surface area contributed by atoms with Crippen molar-refractivity contribution in [2.45, 2.75) is 63.8 Å². The van der Waals surface area contributed by atoms with Gasteiger partial charge in [0.15, 0.2) is 0 Å². The van der Waals surface area contributed by atoms with Crippen LogP contribution in [0.25, 0.3) is 22.3 Å². The van der Waals surface area contributed by atoms with Crippen LogP contribution in [0.15, 0.2) is 67.1 Å². The van der Waals surface area contributed by atoms with Gasteiger partial charge in [-0.25, -0.2) is 4.98 Å². The van der Waals surface area contributed by atoms with Gasteiger partial charge in [-0.1, -0.05) is 49.2 Å². The Hall–Kier alpha value is -4.25. The Kier molecular flexibility index (Phi) is 10.5. The van der Waals surface area contributed by atoms with Crippen molar-refractivity contribution in [3.63, 3.8) is 0 Å². The van der Waals surface area contributed by atoms with E-state index in [1.54, 1.807) is 23.1 Å². The maximum Gasteiger partial charge on any atom is 0.255 e. The number of rotatable bonds is 9. The molecule has 248 valence electrons. The van der Waals surface area contributed by atoms with E-state index in [1.165, 1.54) is 0 Å². The Balaban J connectivity index is 0.994. The summed E-state index contributed by atoms with van der Waals surface area (Å²) in [5.74, 6) is 0.385. The molecule has 4 N–H and O–H groups in total. The number of ether oxygens (including phenoxy) is 1. The Labute approximate surface area is 277 Å². The van der Waals surface area contributed by atoms with Gasteiger partial charge in [-0.15, -0.1) is 0 Å². The number of amides is 1. The fraction of sp³-hybridized carbons (Fsp3) is 0.432. The largest absolute Gasteiger partial charge is 0.508 e. The van der Waals surface area contributed by atoms with Gasteiger partial charge in [-0.2, -0.15) is 5.10 Å². The first kappa shape index (κ1) is 32.7. The Morgan fingerprint density at radius 3 is 2.43 bits per heavy atom. The first-order valence-electron chi connectivity index (χ1n) is 16.8. The van der Waals surface area contributed by atoms with Gasteiger partial charge in [0.25, 0.3) is 5.91 Å². The summed E-state index contributed by atoms with van der Waals surface area (Å²) in [6.45, 7) is 5.49. The molecular formula is C37H47N7O3. The minimum atomic E-state index is -0.193. The summed E-state index contributed by atoms with van der Waals surface area (Å²) in [7, 11) is 4.01. The molecule has 3 heterocycles. The van der Waals surface area contributed by atoms with Gasteiger partial charge in [0.05, 0.1) is 24.5 Å². The summed E-state index contributed by atoms with van der Waals surface area (Å²) in [5, 5.41) is 18.2. The van der Waals surface area contributed by atoms with E-state index in [1.807, 2.05) is 19.3 Å². The third kappa shape index (κ3) is 8.57. The molecule has 6 rings (SSSR count). The number of carbonyl (C=O) groups is 1. The molecule has 10 heteroatoms. The second kappa shape index (κ2) is 15.1. The first-order chi connectivity index (χ1) is 22.8. The normalized spacial score (nSPS) is 19.6. The van der Waals surface area contributed by atoms with Gasteiger partial charge in [-0.05, 0) is 61.6 Å². The van der Waals surface area contributed by atoms with Crippen LogP contribution in [0.3, 0.4) is 0 Å². The lowest BCUT2D eigenvalue weighted by Crippen LogP contribution is -2.43. The second-order valence-electron chi connectivity index (χ2n) is 13.1. The van der Waals surface area contributed by atoms with Crippen molar-refractivity contribution in [3.05, 3.63) is 83.8 Å². The summed E-state index contributed by atoms with van der Waals surface area (Å²) in [6, 6.07) is 16.3. The summed E-state index contributed by atoms with van der Waals surface area (Å²) >= 11 is 0. The first-order valence-corrected chi connectivity index (χ1v) is 16.8. The maximum absolute atomic E-state index is 13.3. The number of nitrogen functional groups attached to an aromatic ring is 1. The number of nitrogens with zero attached hydrogens (tertiary/aromatic N) is 5. The molecule has 1 saturated carbocycles. The number of pyridine rings is 1. The van der Waals surface area contributed by atoms with Gasteiger partial charge >= 0.3 is 0 Å². The van der Waals surface area contributed by atoms with Crippen LogP contribution >= 0.6 is 0 Å². The van der Waals surface area contributed by atoms with E-state index in [2.05, 4.69) is 68.6 Å². The zero-order valence-electron chi connectivity index (χ0n) is 27.6. The number of anilines is 1. The highest BCUT2D eigenvalue weighted by atomic mass is 16.5. The highest BCUT2D eigenvalue weighted by molar-refractivity contribution is 5.99. The summed E-state index contributed by atoms with van der Waals surface area (Å²) in [4.78, 5) is 22.3. The number of nitrogens with one attached hydrogen (secondary N) is 1. The van der Waals surface area contributed by atoms with Crippen molar-refractivity contribution >= 4 is 11.7 Å². The molecule has 0 bridgehead atoms. The van der Waals surface area contributed by atoms with Crippen LogP contribution in [0, 0.1) is 0 Å². The number of piperazine rings is 1. The number of hydrogen-bond acceptors (Lipinski definition) is 8. The smallest absolute Gasteiger partial charge is 0.255 e. The standard InChI is InChI=1S/C37H47N7O3/c1-42-15-17-44(18-16-42)24-29-12-11-28(20-35(29)45)27-9-7-26(8-10-27)25-47-33-6-4-3-5-32(13-14-33)41-37(46)34-19-30(21-39-36(34)38)31-22-40-43(2)23-31/h7-12,19-23,32-33,45H,3-6,13-18,24-25H2,1-2H3,(H2,38,39)(H,41,46). The molecule has 0 spiro atoms. The predicted molar refractivity (Wildman–Crippen MR) is 185 cm³/mol. The Morgan fingerprint density at radius 1 is 0.915 bits per heavy atom. The van der Waals surface area contributed by atoms with Crippen LogP contribution in [-0.4, -0.2) is 81.0 Å². The zero-order valence-corrected chi connectivity index (χ0v) is 27.6. The molecule has 2 unspecified atom stereocenters. The Morgan fingerprint density at radius 2 is 1.68 bits per heavy atom. The van der Waals surface area contributed by atoms with E-state index in [0.717, 1.165) is 105 Å². The molecule has 1 aliphatic heterocycles. The van der Waals surface area contributed by atoms with Crippen molar-refractivity contribution in [2.75, 3.05) is 39.0 Å². The molecular weight excluding hydrogens is 590 g/mol. The van der Waals surface area contributed by atoms with Gasteiger partial charge < -0.3 is 25.8 Å². The lowest BCUT2D eigenvalue weighted by atomic mass is 9.94. The summed E-state index contributed by atoms with van der Waals surface area (Å²) in [6.07, 6.45) is 11.2. The molecule has 2 aromatic carbocycles. The highest BCUT2D eigenvalue weighted by Gasteiger charge is 2.22. The summed E-state index contributed by atoms with van der Waals surface area (Å²) < 4.78 is 8.11. The minimum Gasteiger partial charge on any atom is -0.508 e. The molecule has 1 saturated heterocycles. The quantitative estimate of drug-likeness (QED) is 0.228. The van der Waals surface area contributed by atoms with Crippen LogP contribution in [0.2, 0.25) is 0 Å². The molecule has 2 aromatic heterocycles. The van der Waals surface area contributed by atoms with E-state index in [-0.39, 0.29) is 23.9 Å². The van der Waals surface area contributed by atoms with Crippen LogP contribution < -0.4 is 11.1 Å². The van der Waals surface area contributed by atoms with Crippen molar-refractivity contribution in [1.82, 2.24) is 29.9 Å². The van der Waals surface area contributed by atoms with E-state index >= 15 is 0 Å². The highest BCUT2D eigenvalue weighted by Crippen LogP contribution is 2.29. The summed E-state index contributed by atoms with van der Waals surface area (Å²) in [5.41, 5.74) is 12.4. The van der Waals surface area contributed by atoms with Crippen LogP contribution in [0.4, 0.5) is 5.82 Å². The molecule has 47 heavy (non-hydrogen) atoms. The maximum atomic E-state index is 13.3. The molecule has 2 fully saturated rings. The fourth-order valence-corrected chi connectivity index (χ4v) is 6.53. The van der Waals surface area contributed by atoms with E-state index < -0.39 is 0 Å². The number of aryl methyl sites for hydroxylation is 1. The third-order valence-corrected chi connectivity index (χ3v) is 9.55. The van der Waals surface area contributed by atoms with Gasteiger partial charge in [0.2, 0.25) is 0 Å². The average Bonchev–Trinajstić information content (AvgIpc) is 3.50. The zero-order chi connectivity index (χ0) is 32.8. The van der Waals surface area contributed by atoms with Gasteiger partial charge in [0.1, 0.15) is 11.6 Å². The lowest BCUT2D eigenvalue weighted by molar-refractivity contribution is 0.0212. The number of benzene rings is 2. The molecule has 1 amide bonds. The van der Waals surface area contributed by atoms with Crippen LogP contribution in [0.5, 0.6) is 5.75 Å². The van der Waals surface area contributed by atoms with Crippen LogP contribution in [0.1, 0.15) is 60.0 Å². The van der Waals surface area contributed by atoms with E-state index in [4.69, 9.17) is 10.5 Å². The fourth-order valence-electron chi connectivity index (χ4n) is 6.53. The second-order valence-corrected chi connectivity index (χ2v) is 13.1. The van der Waals surface area contributed by atoms with Crippen molar-refractivity contribution in [1.29, 1.82) is 0 Å². The van der Waals surface area contributed by atoms with Gasteiger partial charge in [0, 0.05) is 74.9 Å². The monoisotopic (exact) mass is 637 g/mol. The number of aromatic hydroxyl groups is 1. The number of carbonyl (C=O) groups excluding carboxylic acids is 1. The van der Waals surface area contributed by atoms with Gasteiger partial charge in [-0.3, -0.25) is 14.4 Å². The molecule has 2 atom stereocenters. The van der Waals surface area contributed by atoms with Crippen molar-refractivity contribution in [2.24, 2.45) is 7.05 Å². The van der Waals surface area contributed by atoms with Crippen LogP contribution in [-0.2, 0) is 24.9 Å². The van der Waals surface area contributed by atoms with Crippen molar-refractivity contribution < 1.29 is 14.6 Å². The third-order valence-electron chi connectivity index (χ3n) is 9.55. The van der Waals surface area contributed by atoms with Crippen molar-refractivity contribution in [3.8, 4) is 28.0 Å². The molecule has 2 aliphatic rings. The number of hydrogen-bond donors (Lipinski definition) is 3. The number of nitrogens with two attached hydrogens (primary N) is 1. The number of aromatic nitrogens is 3. The Bertz CT molecular complexity index is 1650. The topological polar surface area (TPSA) is 122 Å². The van der Waals surface area contributed by atoms with E-state index in [0.29, 0.717) is 17.9 Å². The molecule has 4 aromatic rings. The number of phenols is 1. The molecule has 0 radical (unpaired) electrons. The SMILES string of the molecule is CN1CCN(Cc2ccc(-c3ccc(COC4CCCCC(NC(=O)c5cc(-c6cnn(C)c6)cnc5N)CC4)cc3)cc2O)CC1.